The molecule has 6 nitrogen and oxygen atoms in total. The van der Waals surface area contributed by atoms with Gasteiger partial charge >= 0.3 is 0 Å². The average molecular weight is 293 g/mol. The van der Waals surface area contributed by atoms with E-state index in [1.165, 1.54) is 5.56 Å². The predicted octanol–water partition coefficient (Wildman–Crippen LogP) is 2.13. The van der Waals surface area contributed by atoms with E-state index in [4.69, 9.17) is 4.52 Å². The Balaban J connectivity index is 1.38. The van der Waals surface area contributed by atoms with E-state index in [1.807, 2.05) is 6.07 Å². The van der Waals surface area contributed by atoms with Crippen molar-refractivity contribution >= 4 is 0 Å². The Morgan fingerprint density at radius 3 is 2.77 bits per heavy atom. The molecule has 0 atom stereocenters. The van der Waals surface area contributed by atoms with Gasteiger partial charge in [-0.3, -0.25) is 9.88 Å². The highest BCUT2D eigenvalue weighted by Crippen LogP contribution is 2.28. The van der Waals surface area contributed by atoms with Crippen LogP contribution in [-0.4, -0.2) is 38.1 Å². The molecule has 4 rings (SSSR count). The van der Waals surface area contributed by atoms with Gasteiger partial charge in [0.2, 0.25) is 11.7 Å². The third-order valence-corrected chi connectivity index (χ3v) is 3.79. The molecule has 6 heteroatoms. The van der Waals surface area contributed by atoms with Crippen molar-refractivity contribution in [2.75, 3.05) is 13.1 Å². The lowest BCUT2D eigenvalue weighted by atomic mass is 9.99. The van der Waals surface area contributed by atoms with Crippen LogP contribution >= 0.6 is 0 Å². The smallest absolute Gasteiger partial charge is 0.232 e. The SMILES string of the molecule is c1ccc(CN2CC(c3nc(-c4cnccn4)no3)C2)cc1. The van der Waals surface area contributed by atoms with Crippen molar-refractivity contribution in [3.63, 3.8) is 0 Å². The minimum absolute atomic E-state index is 0.307. The molecule has 1 fully saturated rings. The van der Waals surface area contributed by atoms with Gasteiger partial charge in [0.1, 0.15) is 5.69 Å². The summed E-state index contributed by atoms with van der Waals surface area (Å²) in [6, 6.07) is 10.5. The van der Waals surface area contributed by atoms with Crippen LogP contribution in [0.4, 0.5) is 0 Å². The largest absolute Gasteiger partial charge is 0.339 e. The summed E-state index contributed by atoms with van der Waals surface area (Å²) in [5.74, 6) is 1.50. The van der Waals surface area contributed by atoms with Gasteiger partial charge in [0.25, 0.3) is 0 Å². The highest BCUT2D eigenvalue weighted by atomic mass is 16.5. The summed E-state index contributed by atoms with van der Waals surface area (Å²) in [7, 11) is 0. The molecule has 3 heterocycles. The summed E-state index contributed by atoms with van der Waals surface area (Å²) in [6.07, 6.45) is 4.88. The fourth-order valence-corrected chi connectivity index (χ4v) is 2.62. The zero-order valence-electron chi connectivity index (χ0n) is 12.0. The normalized spacial score (nSPS) is 15.6. The van der Waals surface area contributed by atoms with Crippen LogP contribution < -0.4 is 0 Å². The molecule has 1 aliphatic heterocycles. The van der Waals surface area contributed by atoms with Gasteiger partial charge in [-0.2, -0.15) is 4.98 Å². The summed E-state index contributed by atoms with van der Waals surface area (Å²) in [4.78, 5) is 15.0. The van der Waals surface area contributed by atoms with E-state index in [2.05, 4.69) is 49.3 Å². The number of hydrogen-bond acceptors (Lipinski definition) is 6. The zero-order chi connectivity index (χ0) is 14.8. The highest BCUT2D eigenvalue weighted by molar-refractivity contribution is 5.45. The van der Waals surface area contributed by atoms with Crippen molar-refractivity contribution in [3.05, 3.63) is 60.4 Å². The molecular formula is C16H15N5O. The Morgan fingerprint density at radius 2 is 2.00 bits per heavy atom. The van der Waals surface area contributed by atoms with E-state index in [-0.39, 0.29) is 0 Å². The third kappa shape index (κ3) is 2.60. The van der Waals surface area contributed by atoms with Gasteiger partial charge in [0.15, 0.2) is 0 Å². The van der Waals surface area contributed by atoms with E-state index in [0.29, 0.717) is 23.3 Å². The summed E-state index contributed by atoms with van der Waals surface area (Å²) < 4.78 is 5.37. The molecule has 110 valence electrons. The minimum atomic E-state index is 0.307. The topological polar surface area (TPSA) is 67.9 Å². The van der Waals surface area contributed by atoms with Crippen LogP contribution in [0, 0.1) is 0 Å². The van der Waals surface area contributed by atoms with E-state index < -0.39 is 0 Å². The summed E-state index contributed by atoms with van der Waals surface area (Å²) in [5, 5.41) is 3.99. The number of likely N-dealkylation sites (tertiary alicyclic amines) is 1. The summed E-state index contributed by atoms with van der Waals surface area (Å²) in [6.45, 7) is 2.84. The first-order valence-electron chi connectivity index (χ1n) is 7.25. The number of rotatable bonds is 4. The van der Waals surface area contributed by atoms with Crippen molar-refractivity contribution in [1.82, 2.24) is 25.0 Å². The van der Waals surface area contributed by atoms with Crippen LogP contribution in [0.3, 0.4) is 0 Å². The van der Waals surface area contributed by atoms with Gasteiger partial charge in [-0.05, 0) is 5.56 Å². The van der Waals surface area contributed by atoms with Gasteiger partial charge < -0.3 is 4.52 Å². The molecule has 1 saturated heterocycles. The Labute approximate surface area is 127 Å². The quantitative estimate of drug-likeness (QED) is 0.734. The lowest BCUT2D eigenvalue weighted by molar-refractivity contribution is 0.117. The van der Waals surface area contributed by atoms with Crippen molar-refractivity contribution in [3.8, 4) is 11.5 Å². The molecule has 0 spiro atoms. The highest BCUT2D eigenvalue weighted by Gasteiger charge is 2.32. The Morgan fingerprint density at radius 1 is 1.14 bits per heavy atom. The van der Waals surface area contributed by atoms with E-state index in [9.17, 15) is 0 Å². The van der Waals surface area contributed by atoms with Gasteiger partial charge in [0, 0.05) is 32.0 Å². The molecule has 0 bridgehead atoms. The summed E-state index contributed by atoms with van der Waals surface area (Å²) >= 11 is 0. The van der Waals surface area contributed by atoms with Crippen LogP contribution in [0.1, 0.15) is 17.4 Å². The number of benzene rings is 1. The Kier molecular flexibility index (Phi) is 3.36. The van der Waals surface area contributed by atoms with Crippen LogP contribution in [0.2, 0.25) is 0 Å². The van der Waals surface area contributed by atoms with Gasteiger partial charge in [-0.25, -0.2) is 4.98 Å². The van der Waals surface area contributed by atoms with Crippen LogP contribution in [-0.2, 0) is 6.54 Å². The summed E-state index contributed by atoms with van der Waals surface area (Å²) in [5.41, 5.74) is 1.96. The van der Waals surface area contributed by atoms with E-state index in [1.54, 1.807) is 18.6 Å². The van der Waals surface area contributed by atoms with Crippen molar-refractivity contribution in [1.29, 1.82) is 0 Å². The predicted molar refractivity (Wildman–Crippen MR) is 79.8 cm³/mol. The van der Waals surface area contributed by atoms with Crippen LogP contribution in [0.25, 0.3) is 11.5 Å². The van der Waals surface area contributed by atoms with Gasteiger partial charge in [0.05, 0.1) is 12.1 Å². The first-order valence-corrected chi connectivity index (χ1v) is 7.25. The van der Waals surface area contributed by atoms with Gasteiger partial charge in [-0.15, -0.1) is 0 Å². The maximum absolute atomic E-state index is 5.37. The van der Waals surface area contributed by atoms with Crippen molar-refractivity contribution in [2.24, 2.45) is 0 Å². The monoisotopic (exact) mass is 293 g/mol. The van der Waals surface area contributed by atoms with E-state index >= 15 is 0 Å². The van der Waals surface area contributed by atoms with E-state index in [0.717, 1.165) is 19.6 Å². The van der Waals surface area contributed by atoms with Crippen molar-refractivity contribution in [2.45, 2.75) is 12.5 Å². The Hall–Kier alpha value is -2.60. The molecule has 0 unspecified atom stereocenters. The molecule has 0 saturated carbocycles. The molecule has 0 radical (unpaired) electrons. The maximum atomic E-state index is 5.37. The molecule has 0 amide bonds. The molecular weight excluding hydrogens is 278 g/mol. The number of aromatic nitrogens is 4. The lowest BCUT2D eigenvalue weighted by Crippen LogP contribution is -2.44. The maximum Gasteiger partial charge on any atom is 0.232 e. The number of nitrogens with zero attached hydrogens (tertiary/aromatic N) is 5. The average Bonchev–Trinajstić information content (AvgIpc) is 3.02. The third-order valence-electron chi connectivity index (χ3n) is 3.79. The molecule has 1 aliphatic rings. The first-order chi connectivity index (χ1) is 10.9. The first kappa shape index (κ1) is 13.1. The minimum Gasteiger partial charge on any atom is -0.339 e. The number of hydrogen-bond donors (Lipinski definition) is 0. The zero-order valence-corrected chi connectivity index (χ0v) is 12.0. The van der Waals surface area contributed by atoms with Crippen molar-refractivity contribution < 1.29 is 4.52 Å². The molecule has 0 N–H and O–H groups in total. The van der Waals surface area contributed by atoms with Gasteiger partial charge in [-0.1, -0.05) is 35.5 Å². The molecule has 1 aromatic carbocycles. The van der Waals surface area contributed by atoms with Crippen LogP contribution in [0.15, 0.2) is 53.4 Å². The lowest BCUT2D eigenvalue weighted by Gasteiger charge is -2.37. The van der Waals surface area contributed by atoms with Crippen LogP contribution in [0.5, 0.6) is 0 Å². The molecule has 2 aromatic heterocycles. The fraction of sp³-hybridized carbons (Fsp3) is 0.250. The standard InChI is InChI=1S/C16H15N5O/c1-2-4-12(5-3-1)9-21-10-13(11-21)16-19-15(20-22-16)14-8-17-6-7-18-14/h1-8,13H,9-11H2. The second kappa shape index (κ2) is 5.65. The fourth-order valence-electron chi connectivity index (χ4n) is 2.62. The second-order valence-electron chi connectivity index (χ2n) is 5.42. The second-order valence-corrected chi connectivity index (χ2v) is 5.42. The molecule has 22 heavy (non-hydrogen) atoms. The molecule has 3 aromatic rings. The Bertz CT molecular complexity index is 737. The molecule has 0 aliphatic carbocycles.